The Bertz CT molecular complexity index is 1140. The van der Waals surface area contributed by atoms with E-state index in [4.69, 9.17) is 21.1 Å². The van der Waals surface area contributed by atoms with Crippen molar-refractivity contribution in [1.29, 1.82) is 0 Å². The van der Waals surface area contributed by atoms with Gasteiger partial charge in [0, 0.05) is 30.1 Å². The standard InChI is InChI=1S/C25H37N9O8/c1-15(2)21(33-19(35)13-30-34-27)23(39)32-18(5-3-11-28-24(26)40)22(38)31-17-9-7-16(8-10-17)14-42-25(41)29-12-4-6-20(36)37/h7-10,15,18,21H,3-6,11-14H2,1-2H3,(H,29,41)(H,31,38)(H,32,39)(H,33,35)(H,36,37)(H3,26,28,40)/t18-,21-/m0/s1. The zero-order chi connectivity index (χ0) is 31.5. The van der Waals surface area contributed by atoms with Crippen molar-refractivity contribution in [2.24, 2.45) is 16.8 Å². The van der Waals surface area contributed by atoms with Gasteiger partial charge in [-0.1, -0.05) is 31.1 Å². The van der Waals surface area contributed by atoms with Crippen LogP contribution in [-0.2, 0) is 30.5 Å². The third-order valence-electron chi connectivity index (χ3n) is 5.57. The van der Waals surface area contributed by atoms with Gasteiger partial charge < -0.3 is 42.2 Å². The van der Waals surface area contributed by atoms with E-state index in [0.717, 1.165) is 0 Å². The van der Waals surface area contributed by atoms with Gasteiger partial charge in [0.05, 0.1) is 0 Å². The largest absolute Gasteiger partial charge is 0.481 e. The average molecular weight is 592 g/mol. The molecular weight excluding hydrogens is 554 g/mol. The number of primary amides is 1. The highest BCUT2D eigenvalue weighted by Crippen LogP contribution is 2.13. The Labute approximate surface area is 241 Å². The van der Waals surface area contributed by atoms with E-state index in [9.17, 15) is 28.8 Å². The maximum absolute atomic E-state index is 13.1. The van der Waals surface area contributed by atoms with Crippen LogP contribution in [0.1, 0.15) is 45.1 Å². The van der Waals surface area contributed by atoms with Crippen LogP contribution in [0.5, 0.6) is 0 Å². The molecule has 1 rings (SSSR count). The number of nitrogens with one attached hydrogen (secondary N) is 5. The second kappa shape index (κ2) is 19.1. The molecule has 2 atom stereocenters. The van der Waals surface area contributed by atoms with Gasteiger partial charge in [-0.25, -0.2) is 9.59 Å². The number of carboxylic acids is 1. The smallest absolute Gasteiger partial charge is 0.407 e. The molecule has 17 heteroatoms. The molecule has 0 aliphatic rings. The number of azide groups is 1. The number of hydrogen-bond donors (Lipinski definition) is 7. The molecule has 0 spiro atoms. The maximum Gasteiger partial charge on any atom is 0.407 e. The van der Waals surface area contributed by atoms with Crippen LogP contribution in [0.25, 0.3) is 10.4 Å². The Balaban J connectivity index is 2.81. The number of ether oxygens (including phenoxy) is 1. The highest BCUT2D eigenvalue weighted by atomic mass is 16.5. The molecule has 17 nitrogen and oxygen atoms in total. The topological polar surface area (TPSA) is 267 Å². The molecule has 230 valence electrons. The molecule has 0 unspecified atom stereocenters. The number of urea groups is 1. The summed E-state index contributed by atoms with van der Waals surface area (Å²) in [5.74, 6) is -3.17. The number of hydrogen-bond acceptors (Lipinski definition) is 8. The van der Waals surface area contributed by atoms with Crippen LogP contribution >= 0.6 is 0 Å². The van der Waals surface area contributed by atoms with Gasteiger partial charge in [-0.3, -0.25) is 19.2 Å². The predicted molar refractivity (Wildman–Crippen MR) is 150 cm³/mol. The van der Waals surface area contributed by atoms with Gasteiger partial charge >= 0.3 is 18.1 Å². The summed E-state index contributed by atoms with van der Waals surface area (Å²) in [4.78, 5) is 73.8. The first-order chi connectivity index (χ1) is 19.9. The lowest BCUT2D eigenvalue weighted by Crippen LogP contribution is -2.55. The molecular formula is C25H37N9O8. The van der Waals surface area contributed by atoms with Gasteiger partial charge in [-0.15, -0.1) is 0 Å². The van der Waals surface area contributed by atoms with E-state index in [1.165, 1.54) is 0 Å². The molecule has 0 aromatic heterocycles. The fourth-order valence-corrected chi connectivity index (χ4v) is 3.44. The van der Waals surface area contributed by atoms with Gasteiger partial charge in [-0.05, 0) is 48.4 Å². The van der Waals surface area contributed by atoms with Crippen LogP contribution in [0.4, 0.5) is 15.3 Å². The number of carbonyl (C=O) groups is 6. The Hall–Kier alpha value is -5.05. The summed E-state index contributed by atoms with van der Waals surface area (Å²) in [6.07, 6.45) is -0.0767. The van der Waals surface area contributed by atoms with E-state index in [-0.39, 0.29) is 44.9 Å². The van der Waals surface area contributed by atoms with Crippen molar-refractivity contribution in [2.45, 2.75) is 58.2 Å². The van der Waals surface area contributed by atoms with Crippen LogP contribution in [-0.4, -0.2) is 72.6 Å². The minimum absolute atomic E-state index is 0.0630. The van der Waals surface area contributed by atoms with Crippen LogP contribution in [0.3, 0.4) is 0 Å². The lowest BCUT2D eigenvalue weighted by Gasteiger charge is -2.25. The van der Waals surface area contributed by atoms with Gasteiger partial charge in [0.2, 0.25) is 17.7 Å². The van der Waals surface area contributed by atoms with Gasteiger partial charge in [0.1, 0.15) is 25.2 Å². The minimum atomic E-state index is -1.05. The number of carboxylic acid groups (broad SMARTS) is 1. The molecule has 0 saturated carbocycles. The predicted octanol–water partition coefficient (Wildman–Crippen LogP) is 1.10. The van der Waals surface area contributed by atoms with Crippen LogP contribution in [0, 0.1) is 5.92 Å². The quantitative estimate of drug-likeness (QED) is 0.0560. The zero-order valence-electron chi connectivity index (χ0n) is 23.4. The summed E-state index contributed by atoms with van der Waals surface area (Å²) in [5.41, 5.74) is 14.5. The zero-order valence-corrected chi connectivity index (χ0v) is 23.4. The Morgan fingerprint density at radius 3 is 2.26 bits per heavy atom. The number of nitrogens with zero attached hydrogens (tertiary/aromatic N) is 3. The van der Waals surface area contributed by atoms with Crippen molar-refractivity contribution in [3.05, 3.63) is 40.3 Å². The van der Waals surface area contributed by atoms with E-state index >= 15 is 0 Å². The number of carbonyl (C=O) groups excluding carboxylic acids is 5. The second-order valence-electron chi connectivity index (χ2n) is 9.36. The molecule has 0 heterocycles. The molecule has 0 bridgehead atoms. The molecule has 8 N–H and O–H groups in total. The number of benzene rings is 1. The maximum atomic E-state index is 13.1. The highest BCUT2D eigenvalue weighted by molar-refractivity contribution is 5.98. The number of nitrogens with two attached hydrogens (primary N) is 1. The number of rotatable bonds is 18. The molecule has 0 aliphatic carbocycles. The highest BCUT2D eigenvalue weighted by Gasteiger charge is 2.28. The summed E-state index contributed by atoms with van der Waals surface area (Å²) in [6, 6.07) is 3.58. The van der Waals surface area contributed by atoms with E-state index < -0.39 is 54.4 Å². The summed E-state index contributed by atoms with van der Waals surface area (Å²) < 4.78 is 5.08. The van der Waals surface area contributed by atoms with Crippen molar-refractivity contribution in [2.75, 3.05) is 25.0 Å². The summed E-state index contributed by atoms with van der Waals surface area (Å²) in [7, 11) is 0. The van der Waals surface area contributed by atoms with Gasteiger partial charge in [0.25, 0.3) is 0 Å². The lowest BCUT2D eigenvalue weighted by molar-refractivity contribution is -0.137. The first kappa shape index (κ1) is 35.0. The fourth-order valence-electron chi connectivity index (χ4n) is 3.44. The summed E-state index contributed by atoms with van der Waals surface area (Å²) in [6.45, 7) is 3.15. The monoisotopic (exact) mass is 591 g/mol. The number of amides is 6. The fraction of sp³-hybridized carbons (Fsp3) is 0.520. The minimum Gasteiger partial charge on any atom is -0.481 e. The molecule has 6 amide bonds. The van der Waals surface area contributed by atoms with Crippen molar-refractivity contribution in [3.8, 4) is 0 Å². The van der Waals surface area contributed by atoms with E-state index in [2.05, 4.69) is 36.6 Å². The number of aliphatic carboxylic acids is 1. The normalized spacial score (nSPS) is 11.7. The molecule has 0 radical (unpaired) electrons. The third-order valence-corrected chi connectivity index (χ3v) is 5.57. The second-order valence-corrected chi connectivity index (χ2v) is 9.36. The lowest BCUT2D eigenvalue weighted by atomic mass is 10.0. The van der Waals surface area contributed by atoms with Gasteiger partial charge in [0.15, 0.2) is 0 Å². The molecule has 1 aromatic rings. The van der Waals surface area contributed by atoms with Crippen LogP contribution in [0.15, 0.2) is 29.4 Å². The molecule has 42 heavy (non-hydrogen) atoms. The first-order valence-electron chi connectivity index (χ1n) is 13.1. The molecule has 1 aromatic carbocycles. The Morgan fingerprint density at radius 1 is 1.00 bits per heavy atom. The molecule has 0 fully saturated rings. The van der Waals surface area contributed by atoms with Gasteiger partial charge in [-0.2, -0.15) is 0 Å². The van der Waals surface area contributed by atoms with E-state index in [0.29, 0.717) is 17.7 Å². The Morgan fingerprint density at radius 2 is 1.67 bits per heavy atom. The third kappa shape index (κ3) is 14.9. The number of anilines is 1. The summed E-state index contributed by atoms with van der Waals surface area (Å²) >= 11 is 0. The molecule has 0 aliphatic heterocycles. The molecule has 0 saturated heterocycles. The van der Waals surface area contributed by atoms with Crippen LogP contribution < -0.4 is 32.3 Å². The van der Waals surface area contributed by atoms with E-state index in [1.54, 1.807) is 38.1 Å². The SMILES string of the molecule is CC(C)[C@H](NC(=O)CN=[N+]=[N-])C(=O)N[C@@H](CCCNC(N)=O)C(=O)Nc1ccc(COC(=O)NCCCC(=O)O)cc1. The summed E-state index contributed by atoms with van der Waals surface area (Å²) in [5, 5.41) is 24.4. The Kier molecular flexibility index (Phi) is 15.9. The van der Waals surface area contributed by atoms with E-state index in [1.807, 2.05) is 0 Å². The van der Waals surface area contributed by atoms with Crippen LogP contribution in [0.2, 0.25) is 0 Å². The first-order valence-corrected chi connectivity index (χ1v) is 13.1. The van der Waals surface area contributed by atoms with Crippen molar-refractivity contribution in [3.63, 3.8) is 0 Å². The van der Waals surface area contributed by atoms with Crippen molar-refractivity contribution in [1.82, 2.24) is 21.3 Å². The van der Waals surface area contributed by atoms with Crippen molar-refractivity contribution < 1.29 is 38.6 Å². The van der Waals surface area contributed by atoms with Crippen molar-refractivity contribution >= 4 is 41.5 Å². The number of alkyl carbamates (subject to hydrolysis) is 1. The average Bonchev–Trinajstić information content (AvgIpc) is 2.93.